The Hall–Kier alpha value is -3.39. The van der Waals surface area contributed by atoms with Crippen LogP contribution in [0.3, 0.4) is 0 Å². The zero-order chi connectivity index (χ0) is 22.4. The van der Waals surface area contributed by atoms with E-state index in [1.54, 1.807) is 48.0 Å². The molecule has 0 saturated heterocycles. The first kappa shape index (κ1) is 20.9. The van der Waals surface area contributed by atoms with Gasteiger partial charge in [0, 0.05) is 22.9 Å². The van der Waals surface area contributed by atoms with E-state index in [1.165, 1.54) is 6.20 Å². The molecule has 0 unspecified atom stereocenters. The Balaban J connectivity index is 1.76. The summed E-state index contributed by atoms with van der Waals surface area (Å²) in [7, 11) is -3.82. The average Bonchev–Trinajstić information content (AvgIpc) is 3.06. The predicted molar refractivity (Wildman–Crippen MR) is 119 cm³/mol. The number of rotatable bonds is 4. The van der Waals surface area contributed by atoms with Gasteiger partial charge < -0.3 is 0 Å². The molecule has 2 aromatic carbocycles. The van der Waals surface area contributed by atoms with Crippen molar-refractivity contribution < 1.29 is 18.4 Å². The van der Waals surface area contributed by atoms with Crippen LogP contribution in [-0.2, 0) is 15.4 Å². The van der Waals surface area contributed by atoms with Crippen LogP contribution in [0.1, 0.15) is 32.0 Å². The lowest BCUT2D eigenvalue weighted by Gasteiger charge is -2.19. The van der Waals surface area contributed by atoms with Crippen LogP contribution in [0.5, 0.6) is 0 Å². The molecule has 0 atom stereocenters. The number of sulfonamides is 1. The van der Waals surface area contributed by atoms with Crippen molar-refractivity contribution in [2.24, 2.45) is 0 Å². The van der Waals surface area contributed by atoms with Gasteiger partial charge in [-0.05, 0) is 42.2 Å². The average molecular weight is 438 g/mol. The number of benzene rings is 2. The van der Waals surface area contributed by atoms with Crippen LogP contribution < -0.4 is 9.45 Å². The van der Waals surface area contributed by atoms with Crippen molar-refractivity contribution in [1.82, 2.24) is 9.78 Å². The van der Waals surface area contributed by atoms with Crippen LogP contribution >= 0.6 is 0 Å². The quantitative estimate of drug-likeness (QED) is 0.374. The number of aryl methyl sites for hydroxylation is 1. The van der Waals surface area contributed by atoms with Gasteiger partial charge in [-0.25, -0.2) is 13.1 Å². The molecule has 31 heavy (non-hydrogen) atoms. The number of hydrogen-bond donors (Lipinski definition) is 2. The van der Waals surface area contributed by atoms with E-state index in [4.69, 9.17) is 0 Å². The zero-order valence-corrected chi connectivity index (χ0v) is 18.7. The summed E-state index contributed by atoms with van der Waals surface area (Å²) < 4.78 is 31.4. The van der Waals surface area contributed by atoms with Crippen LogP contribution in [0.2, 0.25) is 0 Å². The Kier molecular flexibility index (Phi) is 4.97. The van der Waals surface area contributed by atoms with Crippen LogP contribution in [-0.4, -0.2) is 23.4 Å². The van der Waals surface area contributed by atoms with Crippen molar-refractivity contribution in [2.45, 2.75) is 38.0 Å². The molecular formula is C23H25N4O3S+. The first-order valence-electron chi connectivity index (χ1n) is 9.89. The molecule has 0 bridgehead atoms. The van der Waals surface area contributed by atoms with Gasteiger partial charge in [-0.3, -0.25) is 9.93 Å². The Bertz CT molecular complexity index is 1370. The number of hydrogen-bond acceptors (Lipinski definition) is 4. The maximum atomic E-state index is 13.1. The summed E-state index contributed by atoms with van der Waals surface area (Å²) in [4.78, 5) is 0.178. The van der Waals surface area contributed by atoms with Crippen molar-refractivity contribution in [3.63, 3.8) is 0 Å². The van der Waals surface area contributed by atoms with E-state index in [9.17, 15) is 13.6 Å². The van der Waals surface area contributed by atoms with Gasteiger partial charge >= 0.3 is 0 Å². The first-order valence-corrected chi connectivity index (χ1v) is 11.4. The second-order valence-corrected chi connectivity index (χ2v) is 10.2. The summed E-state index contributed by atoms with van der Waals surface area (Å²) in [5.74, 6) is 0.318. The van der Waals surface area contributed by atoms with Gasteiger partial charge in [0.15, 0.2) is 0 Å². The third kappa shape index (κ3) is 3.98. The van der Waals surface area contributed by atoms with Crippen LogP contribution in [0.15, 0.2) is 71.8 Å². The highest BCUT2D eigenvalue weighted by molar-refractivity contribution is 7.92. The van der Waals surface area contributed by atoms with E-state index in [2.05, 4.69) is 30.6 Å². The van der Waals surface area contributed by atoms with Gasteiger partial charge in [-0.2, -0.15) is 5.10 Å². The molecule has 0 amide bonds. The zero-order valence-electron chi connectivity index (χ0n) is 17.9. The third-order valence-electron chi connectivity index (χ3n) is 5.13. The smallest absolute Gasteiger partial charge is 0.266 e. The van der Waals surface area contributed by atoms with E-state index >= 15 is 0 Å². The highest BCUT2D eigenvalue weighted by atomic mass is 32.2. The number of nitrogens with one attached hydrogen (secondary N) is 1. The molecule has 0 radical (unpaired) electrons. The lowest BCUT2D eigenvalue weighted by molar-refractivity contribution is -0.884. The predicted octanol–water partition coefficient (Wildman–Crippen LogP) is 3.96. The molecule has 2 N–H and O–H groups in total. The lowest BCUT2D eigenvalue weighted by atomic mass is 9.87. The second-order valence-electron chi connectivity index (χ2n) is 8.53. The van der Waals surface area contributed by atoms with Crippen molar-refractivity contribution in [3.05, 3.63) is 78.1 Å². The van der Waals surface area contributed by atoms with Gasteiger partial charge in [0.05, 0.1) is 21.7 Å². The first-order chi connectivity index (χ1) is 14.6. The fraction of sp³-hybridized carbons (Fsp3) is 0.217. The summed E-state index contributed by atoms with van der Waals surface area (Å²) in [5, 5.41) is 15.3. The minimum Gasteiger partial charge on any atom is -0.285 e. The summed E-state index contributed by atoms with van der Waals surface area (Å²) in [6.07, 6.45) is 1.53. The normalized spacial score (nSPS) is 12.3. The fourth-order valence-electron chi connectivity index (χ4n) is 3.48. The number of fused-ring (bicyclic) bond motifs is 1. The summed E-state index contributed by atoms with van der Waals surface area (Å²) in [6, 6.07) is 17.5. The van der Waals surface area contributed by atoms with Crippen molar-refractivity contribution >= 4 is 26.7 Å². The Morgan fingerprint density at radius 3 is 2.42 bits per heavy atom. The molecule has 4 aromatic rings. The maximum absolute atomic E-state index is 13.1. The van der Waals surface area contributed by atoms with Crippen LogP contribution in [0.4, 0.5) is 5.82 Å². The largest absolute Gasteiger partial charge is 0.285 e. The summed E-state index contributed by atoms with van der Waals surface area (Å²) in [5.41, 5.74) is 2.88. The van der Waals surface area contributed by atoms with Crippen molar-refractivity contribution in [1.29, 1.82) is 0 Å². The molecule has 7 nitrogen and oxygen atoms in total. The number of pyridine rings is 1. The van der Waals surface area contributed by atoms with Gasteiger partial charge in [0.25, 0.3) is 15.5 Å². The van der Waals surface area contributed by atoms with Crippen LogP contribution in [0.25, 0.3) is 16.6 Å². The second kappa shape index (κ2) is 7.39. The summed E-state index contributed by atoms with van der Waals surface area (Å²) >= 11 is 0. The van der Waals surface area contributed by atoms with Crippen LogP contribution in [0, 0.1) is 6.92 Å². The van der Waals surface area contributed by atoms with Gasteiger partial charge in [0.1, 0.15) is 5.82 Å². The van der Waals surface area contributed by atoms with E-state index in [1.807, 2.05) is 24.3 Å². The molecule has 0 saturated carbocycles. The monoisotopic (exact) mass is 437 g/mol. The highest BCUT2D eigenvalue weighted by Gasteiger charge is 2.21. The van der Waals surface area contributed by atoms with Gasteiger partial charge in [-0.1, -0.05) is 39.0 Å². The molecule has 0 fully saturated rings. The third-order valence-corrected chi connectivity index (χ3v) is 6.50. The SMILES string of the molecule is Cc1cc(NS(=O)(=O)c2ccc(C(C)(C)C)cc2)n(-c2cccc3c2ccc[n+]3O)n1. The van der Waals surface area contributed by atoms with Crippen molar-refractivity contribution in [2.75, 3.05) is 4.72 Å². The number of anilines is 1. The topological polar surface area (TPSA) is 88.1 Å². The maximum Gasteiger partial charge on any atom is 0.266 e. The van der Waals surface area contributed by atoms with E-state index in [0.29, 0.717) is 22.7 Å². The number of aromatic nitrogens is 3. The molecule has 160 valence electrons. The molecule has 0 aliphatic heterocycles. The standard InChI is InChI=1S/C23H25N4O3S/c1-16-15-22(25-31(29,30)18-12-10-17(11-13-18)23(2,3)4)27(24-16)21-9-5-8-20-19(21)7-6-14-26(20)28/h5-15,25,28H,1-4H3/q+1. The van der Waals surface area contributed by atoms with Gasteiger partial charge in [-0.15, -0.1) is 0 Å². The molecule has 8 heteroatoms. The van der Waals surface area contributed by atoms with E-state index < -0.39 is 10.0 Å². The minimum atomic E-state index is -3.82. The molecular weight excluding hydrogens is 412 g/mol. The molecule has 0 aliphatic carbocycles. The molecule has 0 spiro atoms. The Morgan fingerprint density at radius 2 is 1.74 bits per heavy atom. The number of nitrogens with zero attached hydrogens (tertiary/aromatic N) is 3. The molecule has 0 aliphatic rings. The van der Waals surface area contributed by atoms with E-state index in [-0.39, 0.29) is 10.3 Å². The summed E-state index contributed by atoms with van der Waals surface area (Å²) in [6.45, 7) is 8.03. The molecule has 2 heterocycles. The Morgan fingerprint density at radius 1 is 1.03 bits per heavy atom. The van der Waals surface area contributed by atoms with Gasteiger partial charge in [0.2, 0.25) is 6.20 Å². The molecule has 4 rings (SSSR count). The molecule has 2 aromatic heterocycles. The minimum absolute atomic E-state index is 0.0661. The fourth-order valence-corrected chi connectivity index (χ4v) is 4.52. The Labute approximate surface area is 181 Å². The lowest BCUT2D eigenvalue weighted by Crippen LogP contribution is -2.30. The highest BCUT2D eigenvalue weighted by Crippen LogP contribution is 2.27. The van der Waals surface area contributed by atoms with E-state index in [0.717, 1.165) is 15.7 Å². The van der Waals surface area contributed by atoms with Crippen molar-refractivity contribution in [3.8, 4) is 5.69 Å².